The van der Waals surface area contributed by atoms with E-state index in [1.807, 2.05) is 6.92 Å². The molecule has 0 aromatic carbocycles. The van der Waals surface area contributed by atoms with Crippen molar-refractivity contribution in [3.05, 3.63) is 0 Å². The van der Waals surface area contributed by atoms with Crippen molar-refractivity contribution >= 4 is 23.6 Å². The molecule has 0 bridgehead atoms. The summed E-state index contributed by atoms with van der Waals surface area (Å²) in [5, 5.41) is 4.27. The molecule has 2 aliphatic rings. The predicted molar refractivity (Wildman–Crippen MR) is 71.4 cm³/mol. The Bertz CT molecular complexity index is 329. The standard InChI is InChI=1S/C12H20N2O3S/c1-2-7-16-12-10(9(11(13)15)17-14-12)18-8-5-3-4-6-8/h8-10H,2-7H2,1H3,(H2,13,15). The maximum Gasteiger partial charge on any atom is 0.263 e. The van der Waals surface area contributed by atoms with E-state index in [9.17, 15) is 4.79 Å². The topological polar surface area (TPSA) is 73.9 Å². The van der Waals surface area contributed by atoms with Gasteiger partial charge in [0.1, 0.15) is 5.25 Å². The largest absolute Gasteiger partial charge is 0.478 e. The lowest BCUT2D eigenvalue weighted by Gasteiger charge is -2.19. The number of oxime groups is 1. The van der Waals surface area contributed by atoms with E-state index in [0.29, 0.717) is 17.8 Å². The first-order valence-corrected chi connectivity index (χ1v) is 7.48. The van der Waals surface area contributed by atoms with Crippen molar-refractivity contribution in [3.63, 3.8) is 0 Å². The molecule has 0 spiro atoms. The van der Waals surface area contributed by atoms with Crippen LogP contribution in [0.5, 0.6) is 0 Å². The van der Waals surface area contributed by atoms with Gasteiger partial charge in [-0.15, -0.1) is 11.8 Å². The van der Waals surface area contributed by atoms with Gasteiger partial charge in [-0.05, 0) is 24.4 Å². The molecule has 2 N–H and O–H groups in total. The first kappa shape index (κ1) is 13.5. The molecule has 1 saturated carbocycles. The fourth-order valence-electron chi connectivity index (χ4n) is 2.22. The highest BCUT2D eigenvalue weighted by Gasteiger charge is 2.42. The van der Waals surface area contributed by atoms with E-state index in [-0.39, 0.29) is 5.25 Å². The van der Waals surface area contributed by atoms with Gasteiger partial charge in [0.15, 0.2) is 0 Å². The number of thioether (sulfide) groups is 1. The Kier molecular flexibility index (Phi) is 4.74. The zero-order valence-electron chi connectivity index (χ0n) is 10.6. The highest BCUT2D eigenvalue weighted by Crippen LogP contribution is 2.36. The number of amides is 1. The van der Waals surface area contributed by atoms with Gasteiger partial charge < -0.3 is 15.3 Å². The second-order valence-electron chi connectivity index (χ2n) is 4.67. The van der Waals surface area contributed by atoms with Gasteiger partial charge in [-0.25, -0.2) is 0 Å². The Balaban J connectivity index is 1.98. The Hall–Kier alpha value is -0.910. The minimum atomic E-state index is -0.678. The third kappa shape index (κ3) is 3.10. The minimum Gasteiger partial charge on any atom is -0.478 e. The molecule has 1 aliphatic heterocycles. The van der Waals surface area contributed by atoms with E-state index >= 15 is 0 Å². The number of hydrogen-bond acceptors (Lipinski definition) is 5. The average molecular weight is 272 g/mol. The lowest BCUT2D eigenvalue weighted by Crippen LogP contribution is -2.39. The lowest BCUT2D eigenvalue weighted by atomic mass is 10.2. The minimum absolute atomic E-state index is 0.169. The molecule has 2 unspecified atom stereocenters. The normalized spacial score (nSPS) is 27.9. The number of rotatable bonds is 5. The number of carbonyl (C=O) groups excluding carboxylic acids is 1. The predicted octanol–water partition coefficient (Wildman–Crippen LogP) is 1.66. The maximum absolute atomic E-state index is 11.4. The zero-order valence-corrected chi connectivity index (χ0v) is 11.4. The highest BCUT2D eigenvalue weighted by molar-refractivity contribution is 8.01. The second kappa shape index (κ2) is 6.31. The third-order valence-corrected chi connectivity index (χ3v) is 4.75. The number of primary amides is 1. The number of ether oxygens (including phenoxy) is 1. The molecule has 0 saturated heterocycles. The van der Waals surface area contributed by atoms with E-state index < -0.39 is 12.0 Å². The van der Waals surface area contributed by atoms with Crippen LogP contribution in [0.25, 0.3) is 0 Å². The number of hydrogen-bond donors (Lipinski definition) is 1. The van der Waals surface area contributed by atoms with Crippen LogP contribution in [0.2, 0.25) is 0 Å². The second-order valence-corrected chi connectivity index (χ2v) is 6.12. The molecule has 1 heterocycles. The zero-order chi connectivity index (χ0) is 13.0. The molecule has 1 amide bonds. The summed E-state index contributed by atoms with van der Waals surface area (Å²) in [5.74, 6) is 0.0573. The van der Waals surface area contributed by atoms with Crippen LogP contribution in [0, 0.1) is 0 Å². The van der Waals surface area contributed by atoms with E-state index in [2.05, 4.69) is 5.16 Å². The van der Waals surface area contributed by atoms with Crippen LogP contribution in [0.3, 0.4) is 0 Å². The van der Waals surface area contributed by atoms with Crippen LogP contribution in [-0.4, -0.2) is 35.0 Å². The van der Waals surface area contributed by atoms with Crippen molar-refractivity contribution in [2.24, 2.45) is 10.9 Å². The number of carbonyl (C=O) groups is 1. The van der Waals surface area contributed by atoms with Gasteiger partial charge in [-0.2, -0.15) is 0 Å². The van der Waals surface area contributed by atoms with E-state index in [1.165, 1.54) is 25.7 Å². The molecular weight excluding hydrogens is 252 g/mol. The van der Waals surface area contributed by atoms with Crippen molar-refractivity contribution in [2.45, 2.75) is 55.6 Å². The number of nitrogens with two attached hydrogens (primary N) is 1. The van der Waals surface area contributed by atoms with Crippen LogP contribution in [0.15, 0.2) is 5.16 Å². The summed E-state index contributed by atoms with van der Waals surface area (Å²) in [6.45, 7) is 2.62. The van der Waals surface area contributed by atoms with Gasteiger partial charge in [0.2, 0.25) is 12.0 Å². The van der Waals surface area contributed by atoms with Gasteiger partial charge in [-0.3, -0.25) is 4.79 Å². The fourth-order valence-corrected chi connectivity index (χ4v) is 3.80. The maximum atomic E-state index is 11.4. The summed E-state index contributed by atoms with van der Waals surface area (Å²) in [7, 11) is 0. The summed E-state index contributed by atoms with van der Waals surface area (Å²) in [4.78, 5) is 16.5. The molecule has 0 aromatic heterocycles. The monoisotopic (exact) mass is 272 g/mol. The first-order chi connectivity index (χ1) is 8.72. The molecular formula is C12H20N2O3S. The van der Waals surface area contributed by atoms with Crippen LogP contribution in [-0.2, 0) is 14.4 Å². The lowest BCUT2D eigenvalue weighted by molar-refractivity contribution is -0.127. The van der Waals surface area contributed by atoms with Gasteiger partial charge in [0.25, 0.3) is 5.91 Å². The molecule has 1 fully saturated rings. The summed E-state index contributed by atoms with van der Waals surface area (Å²) in [6.07, 6.45) is 5.12. The van der Waals surface area contributed by atoms with Gasteiger partial charge in [0.05, 0.1) is 6.61 Å². The average Bonchev–Trinajstić information content (AvgIpc) is 2.97. The van der Waals surface area contributed by atoms with Crippen molar-refractivity contribution in [2.75, 3.05) is 6.61 Å². The van der Waals surface area contributed by atoms with Crippen molar-refractivity contribution in [1.82, 2.24) is 0 Å². The quantitative estimate of drug-likeness (QED) is 0.826. The smallest absolute Gasteiger partial charge is 0.263 e. The van der Waals surface area contributed by atoms with E-state index in [4.69, 9.17) is 15.3 Å². The van der Waals surface area contributed by atoms with Crippen LogP contribution < -0.4 is 5.73 Å². The fraction of sp³-hybridized carbons (Fsp3) is 0.833. The van der Waals surface area contributed by atoms with Crippen LogP contribution in [0.1, 0.15) is 39.0 Å². The van der Waals surface area contributed by atoms with Gasteiger partial charge in [-0.1, -0.05) is 19.8 Å². The number of nitrogens with zero attached hydrogens (tertiary/aromatic N) is 1. The molecule has 5 nitrogen and oxygen atoms in total. The SMILES string of the molecule is CCCOC1=NOC(C(N)=O)C1SC1CCCC1. The summed E-state index contributed by atoms with van der Waals surface area (Å²) in [6, 6.07) is 0. The molecule has 18 heavy (non-hydrogen) atoms. The first-order valence-electron chi connectivity index (χ1n) is 6.53. The molecule has 102 valence electrons. The molecule has 0 radical (unpaired) electrons. The highest BCUT2D eigenvalue weighted by atomic mass is 32.2. The Morgan fingerprint density at radius 3 is 2.89 bits per heavy atom. The van der Waals surface area contributed by atoms with Crippen LogP contribution >= 0.6 is 11.8 Å². The molecule has 0 aromatic rings. The van der Waals surface area contributed by atoms with Gasteiger partial charge in [0, 0.05) is 5.25 Å². The Morgan fingerprint density at radius 2 is 2.28 bits per heavy atom. The molecule has 2 rings (SSSR count). The summed E-state index contributed by atoms with van der Waals surface area (Å²) in [5.41, 5.74) is 5.35. The summed E-state index contributed by atoms with van der Waals surface area (Å²) >= 11 is 1.73. The van der Waals surface area contributed by atoms with E-state index in [1.54, 1.807) is 11.8 Å². The van der Waals surface area contributed by atoms with Gasteiger partial charge >= 0.3 is 0 Å². The third-order valence-electron chi connectivity index (χ3n) is 3.15. The molecule has 2 atom stereocenters. The van der Waals surface area contributed by atoms with Crippen molar-refractivity contribution < 1.29 is 14.4 Å². The Morgan fingerprint density at radius 1 is 1.56 bits per heavy atom. The summed E-state index contributed by atoms with van der Waals surface area (Å²) < 4.78 is 5.55. The van der Waals surface area contributed by atoms with Crippen LogP contribution in [0.4, 0.5) is 0 Å². The van der Waals surface area contributed by atoms with Crippen molar-refractivity contribution in [1.29, 1.82) is 0 Å². The van der Waals surface area contributed by atoms with E-state index in [0.717, 1.165) is 6.42 Å². The molecule has 1 aliphatic carbocycles. The van der Waals surface area contributed by atoms with Crippen molar-refractivity contribution in [3.8, 4) is 0 Å². The molecule has 6 heteroatoms. The Labute approximate surface area is 111 Å².